The summed E-state index contributed by atoms with van der Waals surface area (Å²) in [6, 6.07) is 0.199. The second-order valence-electron chi connectivity index (χ2n) is 4.53. The Bertz CT molecular complexity index is 178. The average molecular weight is 231 g/mol. The van der Waals surface area contributed by atoms with Crippen LogP contribution in [-0.2, 0) is 4.74 Å². The monoisotopic (exact) mass is 231 g/mol. The first-order chi connectivity index (χ1) is 7.79. The molecule has 96 valence electrons. The number of aliphatic hydroxyl groups is 2. The van der Waals surface area contributed by atoms with Crippen LogP contribution in [0.2, 0.25) is 0 Å². The topological polar surface area (TPSA) is 52.9 Å². The molecule has 0 bridgehead atoms. The molecule has 16 heavy (non-hydrogen) atoms. The van der Waals surface area contributed by atoms with Gasteiger partial charge in [0.25, 0.3) is 0 Å². The SMILES string of the molecule is COCCN(CCO)C1CCCCCC1O. The third-order valence-electron chi connectivity index (χ3n) is 3.38. The second kappa shape index (κ2) is 8.01. The van der Waals surface area contributed by atoms with Crippen molar-refractivity contribution >= 4 is 0 Å². The van der Waals surface area contributed by atoms with Crippen LogP contribution in [0.25, 0.3) is 0 Å². The molecule has 2 N–H and O–H groups in total. The minimum Gasteiger partial charge on any atom is -0.395 e. The molecule has 0 aromatic heterocycles. The van der Waals surface area contributed by atoms with E-state index in [0.717, 1.165) is 25.8 Å². The number of methoxy groups -OCH3 is 1. The van der Waals surface area contributed by atoms with Crippen LogP contribution in [0.5, 0.6) is 0 Å². The van der Waals surface area contributed by atoms with Gasteiger partial charge in [-0.2, -0.15) is 0 Å². The molecule has 0 aromatic rings. The van der Waals surface area contributed by atoms with Crippen LogP contribution in [0, 0.1) is 0 Å². The Hall–Kier alpha value is -0.160. The van der Waals surface area contributed by atoms with Crippen molar-refractivity contribution in [2.24, 2.45) is 0 Å². The predicted molar refractivity (Wildman–Crippen MR) is 63.4 cm³/mol. The second-order valence-corrected chi connectivity index (χ2v) is 4.53. The maximum atomic E-state index is 10.1. The molecule has 0 saturated heterocycles. The van der Waals surface area contributed by atoms with E-state index in [0.29, 0.717) is 13.2 Å². The summed E-state index contributed by atoms with van der Waals surface area (Å²) in [7, 11) is 1.68. The summed E-state index contributed by atoms with van der Waals surface area (Å²) >= 11 is 0. The van der Waals surface area contributed by atoms with Gasteiger partial charge in [0, 0.05) is 26.2 Å². The number of ether oxygens (including phenoxy) is 1. The van der Waals surface area contributed by atoms with Crippen LogP contribution < -0.4 is 0 Å². The van der Waals surface area contributed by atoms with Gasteiger partial charge in [0.15, 0.2) is 0 Å². The lowest BCUT2D eigenvalue weighted by Gasteiger charge is -2.33. The molecule has 4 heteroatoms. The zero-order valence-corrected chi connectivity index (χ0v) is 10.3. The van der Waals surface area contributed by atoms with Crippen LogP contribution in [0.4, 0.5) is 0 Å². The molecular weight excluding hydrogens is 206 g/mol. The number of rotatable bonds is 6. The van der Waals surface area contributed by atoms with E-state index in [1.54, 1.807) is 7.11 Å². The van der Waals surface area contributed by atoms with Gasteiger partial charge in [0.2, 0.25) is 0 Å². The van der Waals surface area contributed by atoms with E-state index < -0.39 is 0 Å². The summed E-state index contributed by atoms with van der Waals surface area (Å²) < 4.78 is 5.07. The highest BCUT2D eigenvalue weighted by atomic mass is 16.5. The van der Waals surface area contributed by atoms with E-state index in [1.165, 1.54) is 12.8 Å². The lowest BCUT2D eigenvalue weighted by atomic mass is 10.0. The standard InChI is InChI=1S/C12H25NO3/c1-16-10-8-13(7-9-14)11-5-3-2-4-6-12(11)15/h11-12,14-15H,2-10H2,1H3. The van der Waals surface area contributed by atoms with Gasteiger partial charge in [0.05, 0.1) is 19.3 Å². The largest absolute Gasteiger partial charge is 0.395 e. The predicted octanol–water partition coefficient (Wildman–Crippen LogP) is 0.621. The molecule has 0 aromatic carbocycles. The summed E-state index contributed by atoms with van der Waals surface area (Å²) in [6.45, 7) is 2.22. The summed E-state index contributed by atoms with van der Waals surface area (Å²) in [5, 5.41) is 19.1. The molecule has 0 amide bonds. The molecule has 1 aliphatic carbocycles. The molecule has 0 heterocycles. The molecule has 2 atom stereocenters. The van der Waals surface area contributed by atoms with Crippen LogP contribution in [0.15, 0.2) is 0 Å². The first-order valence-corrected chi connectivity index (χ1v) is 6.31. The van der Waals surface area contributed by atoms with Crippen LogP contribution >= 0.6 is 0 Å². The number of hydrogen-bond donors (Lipinski definition) is 2. The zero-order valence-electron chi connectivity index (χ0n) is 10.3. The first-order valence-electron chi connectivity index (χ1n) is 6.31. The number of nitrogens with zero attached hydrogens (tertiary/aromatic N) is 1. The van der Waals surface area contributed by atoms with Crippen molar-refractivity contribution in [3.8, 4) is 0 Å². The van der Waals surface area contributed by atoms with Gasteiger partial charge in [-0.1, -0.05) is 19.3 Å². The van der Waals surface area contributed by atoms with Crippen molar-refractivity contribution in [3.63, 3.8) is 0 Å². The van der Waals surface area contributed by atoms with Crippen molar-refractivity contribution < 1.29 is 14.9 Å². The van der Waals surface area contributed by atoms with Crippen molar-refractivity contribution in [2.45, 2.75) is 44.2 Å². The Morgan fingerprint density at radius 3 is 2.62 bits per heavy atom. The van der Waals surface area contributed by atoms with Crippen LogP contribution in [0.1, 0.15) is 32.1 Å². The molecular formula is C12H25NO3. The van der Waals surface area contributed by atoms with E-state index in [4.69, 9.17) is 9.84 Å². The maximum Gasteiger partial charge on any atom is 0.0695 e. The van der Waals surface area contributed by atoms with Gasteiger partial charge in [-0.25, -0.2) is 0 Å². The van der Waals surface area contributed by atoms with Crippen molar-refractivity contribution in [1.29, 1.82) is 0 Å². The Morgan fingerprint density at radius 2 is 1.94 bits per heavy atom. The normalized spacial score (nSPS) is 27.0. The quantitative estimate of drug-likeness (QED) is 0.658. The van der Waals surface area contributed by atoms with Gasteiger partial charge in [-0.3, -0.25) is 4.90 Å². The Kier molecular flexibility index (Phi) is 6.96. The Morgan fingerprint density at radius 1 is 1.19 bits per heavy atom. The first kappa shape index (κ1) is 13.9. The highest BCUT2D eigenvalue weighted by Gasteiger charge is 2.26. The molecule has 0 aliphatic heterocycles. The number of hydrogen-bond acceptors (Lipinski definition) is 4. The molecule has 1 rings (SSSR count). The summed E-state index contributed by atoms with van der Waals surface area (Å²) in [4.78, 5) is 2.17. The van der Waals surface area contributed by atoms with Gasteiger partial charge in [-0.15, -0.1) is 0 Å². The molecule has 2 unspecified atom stereocenters. The summed E-state index contributed by atoms with van der Waals surface area (Å²) in [5.74, 6) is 0. The minimum absolute atomic E-state index is 0.146. The van der Waals surface area contributed by atoms with E-state index in [1.807, 2.05) is 0 Å². The Balaban J connectivity index is 2.51. The Labute approximate surface area is 98.2 Å². The van der Waals surface area contributed by atoms with Gasteiger partial charge in [0.1, 0.15) is 0 Å². The lowest BCUT2D eigenvalue weighted by molar-refractivity contribution is 0.0217. The summed E-state index contributed by atoms with van der Waals surface area (Å²) in [5.41, 5.74) is 0. The molecule has 0 radical (unpaired) electrons. The molecule has 1 aliphatic rings. The van der Waals surface area contributed by atoms with E-state index >= 15 is 0 Å². The fourth-order valence-corrected chi connectivity index (χ4v) is 2.47. The zero-order chi connectivity index (χ0) is 11.8. The van der Waals surface area contributed by atoms with Crippen molar-refractivity contribution in [2.75, 3.05) is 33.4 Å². The third-order valence-corrected chi connectivity index (χ3v) is 3.38. The fraction of sp³-hybridized carbons (Fsp3) is 1.00. The van der Waals surface area contributed by atoms with E-state index in [2.05, 4.69) is 4.90 Å². The molecule has 4 nitrogen and oxygen atoms in total. The van der Waals surface area contributed by atoms with E-state index in [-0.39, 0.29) is 18.8 Å². The molecule has 0 spiro atoms. The minimum atomic E-state index is -0.245. The number of aliphatic hydroxyl groups excluding tert-OH is 2. The molecule has 1 saturated carbocycles. The third kappa shape index (κ3) is 4.37. The van der Waals surface area contributed by atoms with Crippen LogP contribution in [0.3, 0.4) is 0 Å². The average Bonchev–Trinajstić information content (AvgIpc) is 2.49. The highest BCUT2D eigenvalue weighted by molar-refractivity contribution is 4.81. The summed E-state index contributed by atoms with van der Waals surface area (Å²) in [6.07, 6.45) is 5.19. The van der Waals surface area contributed by atoms with E-state index in [9.17, 15) is 5.11 Å². The fourth-order valence-electron chi connectivity index (χ4n) is 2.47. The molecule has 1 fully saturated rings. The van der Waals surface area contributed by atoms with Gasteiger partial charge in [-0.05, 0) is 12.8 Å². The van der Waals surface area contributed by atoms with Gasteiger partial charge < -0.3 is 14.9 Å². The smallest absolute Gasteiger partial charge is 0.0695 e. The van der Waals surface area contributed by atoms with Crippen LogP contribution in [-0.4, -0.2) is 60.7 Å². The van der Waals surface area contributed by atoms with Gasteiger partial charge >= 0.3 is 0 Å². The van der Waals surface area contributed by atoms with Crippen molar-refractivity contribution in [3.05, 3.63) is 0 Å². The highest BCUT2D eigenvalue weighted by Crippen LogP contribution is 2.22. The van der Waals surface area contributed by atoms with Crippen molar-refractivity contribution in [1.82, 2.24) is 4.90 Å². The maximum absolute atomic E-state index is 10.1. The lowest BCUT2D eigenvalue weighted by Crippen LogP contribution is -2.45.